The van der Waals surface area contributed by atoms with Gasteiger partial charge in [-0.05, 0) is 98.3 Å². The second kappa shape index (κ2) is 13.0. The second-order valence-electron chi connectivity index (χ2n) is 16.8. The number of rotatable bonds is 18. The van der Waals surface area contributed by atoms with E-state index in [4.69, 9.17) is 15.2 Å². The summed E-state index contributed by atoms with van der Waals surface area (Å²) < 4.78 is 13.0. The van der Waals surface area contributed by atoms with Crippen molar-refractivity contribution in [3.8, 4) is 0 Å². The quantitative estimate of drug-likeness (QED) is 0.148. The maximum Gasteiger partial charge on any atom is 0.125 e. The molecule has 7 nitrogen and oxygen atoms in total. The van der Waals surface area contributed by atoms with Crippen LogP contribution in [0.25, 0.3) is 0 Å². The third-order valence-electron chi connectivity index (χ3n) is 8.17. The van der Waals surface area contributed by atoms with Crippen molar-refractivity contribution in [2.45, 2.75) is 165 Å². The number of allylic oxidation sites excluding steroid dienone is 1. The van der Waals surface area contributed by atoms with Gasteiger partial charge in [0.2, 0.25) is 0 Å². The summed E-state index contributed by atoms with van der Waals surface area (Å²) in [6.07, 6.45) is 8.30. The van der Waals surface area contributed by atoms with E-state index >= 15 is 0 Å². The first kappa shape index (κ1) is 36.9. The largest absolute Gasteiger partial charge is 0.375 e. The first-order valence-electron chi connectivity index (χ1n) is 15.4. The number of nitrogens with two attached hydrogens (primary N) is 1. The van der Waals surface area contributed by atoms with Crippen LogP contribution in [0.4, 0.5) is 0 Å². The molecule has 2 atom stereocenters. The van der Waals surface area contributed by atoms with Gasteiger partial charge in [-0.1, -0.05) is 55.4 Å². The summed E-state index contributed by atoms with van der Waals surface area (Å²) in [5, 5.41) is 2.01. The van der Waals surface area contributed by atoms with Gasteiger partial charge in [-0.3, -0.25) is 5.01 Å². The van der Waals surface area contributed by atoms with Gasteiger partial charge < -0.3 is 25.4 Å². The van der Waals surface area contributed by atoms with E-state index in [2.05, 4.69) is 114 Å². The molecule has 1 aliphatic rings. The monoisotopic (exact) mass is 567 g/mol. The maximum absolute atomic E-state index is 11.7. The smallest absolute Gasteiger partial charge is 0.125 e. The Labute approximate surface area is 247 Å². The molecule has 0 spiro atoms. The van der Waals surface area contributed by atoms with Crippen LogP contribution >= 0.6 is 0 Å². The van der Waals surface area contributed by atoms with Crippen molar-refractivity contribution in [1.82, 2.24) is 16.0 Å². The lowest BCUT2D eigenvalue weighted by atomic mass is 9.69. The molecular weight excluding hydrogens is 500 g/mol. The van der Waals surface area contributed by atoms with E-state index in [-0.39, 0.29) is 27.4 Å². The number of hydrogen-bond donors (Lipinski definition) is 3. The molecule has 236 valence electrons. The number of carbonyl (C=O) groups excluding carboxylic acids is 1. The summed E-state index contributed by atoms with van der Waals surface area (Å²) >= 11 is 0. The standard InChI is InChI=1S/C33H66N4O3/c1-16-32(14,24-38)23-31(12,13)40-29(8,9)17-18-39-30(10,11)22-27(4,5)21-28(6,7)26-20-37(36-35-26)33(15,34)19-25(2)3/h20,24-25,35-36H,16-19,21-23,34H2,1-15H3. The zero-order chi connectivity index (χ0) is 31.4. The van der Waals surface area contributed by atoms with Crippen molar-refractivity contribution in [1.29, 1.82) is 0 Å². The molecular formula is C33H66N4O3. The Morgan fingerprint density at radius 1 is 0.900 bits per heavy atom. The zero-order valence-electron chi connectivity index (χ0n) is 28.9. The molecule has 1 aliphatic heterocycles. The minimum Gasteiger partial charge on any atom is -0.375 e. The third-order valence-corrected chi connectivity index (χ3v) is 8.17. The van der Waals surface area contributed by atoms with Gasteiger partial charge in [0.05, 0.1) is 29.1 Å². The predicted octanol–water partition coefficient (Wildman–Crippen LogP) is 7.47. The molecule has 0 radical (unpaired) electrons. The summed E-state index contributed by atoms with van der Waals surface area (Å²) in [6.45, 7) is 33.2. The molecule has 4 N–H and O–H groups in total. The highest BCUT2D eigenvalue weighted by Crippen LogP contribution is 2.44. The Morgan fingerprint density at radius 3 is 1.98 bits per heavy atom. The summed E-state index contributed by atoms with van der Waals surface area (Å²) in [5.41, 5.74) is 12.5. The SMILES string of the molecule is CCC(C)(C=O)CC(C)(C)OC(C)(C)CCOC(C)(C)CC(C)(C)CC(C)(C)C1=CN(C(C)(N)CC(C)C)NN1. The van der Waals surface area contributed by atoms with E-state index in [1.165, 1.54) is 0 Å². The molecule has 0 aliphatic carbocycles. The molecule has 0 aromatic rings. The second-order valence-corrected chi connectivity index (χ2v) is 16.8. The summed E-state index contributed by atoms with van der Waals surface area (Å²) in [4.78, 5) is 11.7. The van der Waals surface area contributed by atoms with E-state index in [0.717, 1.165) is 44.1 Å². The average Bonchev–Trinajstić information content (AvgIpc) is 3.21. The molecule has 7 heteroatoms. The fourth-order valence-corrected chi connectivity index (χ4v) is 7.05. The third kappa shape index (κ3) is 12.0. The first-order valence-corrected chi connectivity index (χ1v) is 15.4. The minimum absolute atomic E-state index is 0.0420. The summed E-state index contributed by atoms with van der Waals surface area (Å²) in [7, 11) is 0. The topological polar surface area (TPSA) is 88.9 Å². The number of aldehydes is 1. The molecule has 0 fully saturated rings. The van der Waals surface area contributed by atoms with E-state index in [1.54, 1.807) is 0 Å². The van der Waals surface area contributed by atoms with Crippen molar-refractivity contribution in [3.05, 3.63) is 11.9 Å². The first-order chi connectivity index (χ1) is 17.8. The average molecular weight is 567 g/mol. The number of ether oxygens (including phenoxy) is 2. The van der Waals surface area contributed by atoms with Gasteiger partial charge in [-0.25, -0.2) is 0 Å². The van der Waals surface area contributed by atoms with Gasteiger partial charge in [-0.15, -0.1) is 5.53 Å². The Balaban J connectivity index is 2.75. The highest BCUT2D eigenvalue weighted by molar-refractivity contribution is 5.58. The van der Waals surface area contributed by atoms with Crippen molar-refractivity contribution < 1.29 is 14.3 Å². The molecule has 40 heavy (non-hydrogen) atoms. The van der Waals surface area contributed by atoms with Crippen LogP contribution < -0.4 is 16.7 Å². The maximum atomic E-state index is 11.7. The molecule has 0 bridgehead atoms. The van der Waals surface area contributed by atoms with Crippen LogP contribution in [0.3, 0.4) is 0 Å². The molecule has 0 saturated heterocycles. The van der Waals surface area contributed by atoms with Crippen LogP contribution in [-0.4, -0.2) is 40.4 Å². The highest BCUT2D eigenvalue weighted by atomic mass is 16.5. The fraction of sp³-hybridized carbons (Fsp3) is 0.909. The molecule has 0 aromatic carbocycles. The number of nitrogens with one attached hydrogen (secondary N) is 2. The van der Waals surface area contributed by atoms with Gasteiger partial charge in [0.25, 0.3) is 0 Å². The highest BCUT2D eigenvalue weighted by Gasteiger charge is 2.40. The molecule has 2 unspecified atom stereocenters. The predicted molar refractivity (Wildman–Crippen MR) is 168 cm³/mol. The Bertz CT molecular complexity index is 858. The minimum atomic E-state index is -0.471. The van der Waals surface area contributed by atoms with Crippen LogP contribution in [0.1, 0.15) is 142 Å². The van der Waals surface area contributed by atoms with E-state index < -0.39 is 11.3 Å². The molecule has 0 amide bonds. The lowest BCUT2D eigenvalue weighted by molar-refractivity contribution is -0.157. The van der Waals surface area contributed by atoms with Crippen molar-refractivity contribution >= 4 is 6.29 Å². The fourth-order valence-electron chi connectivity index (χ4n) is 7.05. The number of nitrogens with zero attached hydrogens (tertiary/aromatic N) is 1. The molecule has 0 saturated carbocycles. The van der Waals surface area contributed by atoms with Crippen molar-refractivity contribution in [2.24, 2.45) is 27.9 Å². The van der Waals surface area contributed by atoms with Gasteiger partial charge in [0.1, 0.15) is 11.9 Å². The van der Waals surface area contributed by atoms with Crippen LogP contribution in [0.15, 0.2) is 11.9 Å². The van der Waals surface area contributed by atoms with E-state index in [1.807, 2.05) is 11.9 Å². The van der Waals surface area contributed by atoms with Gasteiger partial charge in [-0.2, -0.15) is 0 Å². The molecule has 1 rings (SSSR count). The van der Waals surface area contributed by atoms with Gasteiger partial charge >= 0.3 is 0 Å². The Morgan fingerprint density at radius 2 is 1.48 bits per heavy atom. The van der Waals surface area contributed by atoms with Crippen LogP contribution in [0.2, 0.25) is 0 Å². The normalized spacial score (nSPS) is 18.8. The number of hydrogen-bond acceptors (Lipinski definition) is 7. The van der Waals surface area contributed by atoms with Crippen LogP contribution in [-0.2, 0) is 14.3 Å². The van der Waals surface area contributed by atoms with Gasteiger partial charge in [0.15, 0.2) is 0 Å². The molecule has 1 heterocycles. The van der Waals surface area contributed by atoms with Crippen molar-refractivity contribution in [2.75, 3.05) is 6.61 Å². The van der Waals surface area contributed by atoms with E-state index in [9.17, 15) is 4.79 Å². The van der Waals surface area contributed by atoms with Crippen LogP contribution in [0.5, 0.6) is 0 Å². The number of carbonyl (C=O) groups is 1. The Kier molecular flexibility index (Phi) is 12.0. The van der Waals surface area contributed by atoms with Gasteiger partial charge in [0, 0.05) is 17.0 Å². The summed E-state index contributed by atoms with van der Waals surface area (Å²) in [6, 6.07) is 0. The van der Waals surface area contributed by atoms with E-state index in [0.29, 0.717) is 18.9 Å². The Hall–Kier alpha value is -1.15. The summed E-state index contributed by atoms with van der Waals surface area (Å²) in [5.74, 6) is 0.506. The lowest BCUT2D eigenvalue weighted by Gasteiger charge is -2.42. The lowest BCUT2D eigenvalue weighted by Crippen LogP contribution is -2.57. The van der Waals surface area contributed by atoms with Crippen LogP contribution in [0, 0.1) is 22.2 Å². The zero-order valence-corrected chi connectivity index (χ0v) is 28.9. The number of hydrazine groups is 2. The van der Waals surface area contributed by atoms with Crippen molar-refractivity contribution in [3.63, 3.8) is 0 Å². The molecule has 0 aromatic heterocycles.